The number of hydrogen-bond donors (Lipinski definition) is 1. The Kier molecular flexibility index (Phi) is 3.87. The van der Waals surface area contributed by atoms with Gasteiger partial charge in [-0.3, -0.25) is 9.48 Å². The van der Waals surface area contributed by atoms with Crippen LogP contribution in [-0.4, -0.2) is 20.9 Å². The number of halogens is 1. The fraction of sp³-hybridized carbons (Fsp3) is 0.667. The van der Waals surface area contributed by atoms with E-state index in [0.717, 1.165) is 11.3 Å². The average Bonchev–Trinajstić information content (AvgIpc) is 2.44. The summed E-state index contributed by atoms with van der Waals surface area (Å²) in [6, 6.07) is 0. The van der Waals surface area contributed by atoms with Crippen LogP contribution in [0.5, 0.6) is 0 Å². The second-order valence-corrected chi connectivity index (χ2v) is 5.39. The van der Waals surface area contributed by atoms with Gasteiger partial charge >= 0.3 is 5.97 Å². The van der Waals surface area contributed by atoms with Gasteiger partial charge < -0.3 is 5.11 Å². The first-order valence-electron chi connectivity index (χ1n) is 5.61. The van der Waals surface area contributed by atoms with Crippen LogP contribution < -0.4 is 0 Å². The van der Waals surface area contributed by atoms with E-state index >= 15 is 0 Å². The first-order chi connectivity index (χ1) is 7.70. The number of aromatic nitrogens is 2. The Morgan fingerprint density at radius 2 is 2.12 bits per heavy atom. The van der Waals surface area contributed by atoms with Crippen molar-refractivity contribution in [1.29, 1.82) is 0 Å². The molecule has 0 bridgehead atoms. The number of aryl methyl sites for hydroxylation is 2. The van der Waals surface area contributed by atoms with E-state index in [1.165, 1.54) is 0 Å². The van der Waals surface area contributed by atoms with Gasteiger partial charge in [0.15, 0.2) is 0 Å². The lowest BCUT2D eigenvalue weighted by molar-refractivity contribution is -0.150. The Balaban J connectivity index is 3.15. The SMILES string of the molecule is Cc1nn(C)c(Cl)c1CC(C)(C(=O)O)C(C)C. The van der Waals surface area contributed by atoms with Crippen molar-refractivity contribution in [1.82, 2.24) is 9.78 Å². The van der Waals surface area contributed by atoms with Crippen molar-refractivity contribution in [3.8, 4) is 0 Å². The molecule has 0 aliphatic heterocycles. The Hall–Kier alpha value is -1.03. The van der Waals surface area contributed by atoms with Gasteiger partial charge in [0.25, 0.3) is 0 Å². The molecule has 0 radical (unpaired) electrons. The number of carboxylic acid groups (broad SMARTS) is 1. The summed E-state index contributed by atoms with van der Waals surface area (Å²) in [6.45, 7) is 7.42. The minimum absolute atomic E-state index is 0.0238. The molecule has 0 aliphatic carbocycles. The molecule has 5 heteroatoms. The van der Waals surface area contributed by atoms with Crippen LogP contribution in [0.15, 0.2) is 0 Å². The Bertz CT molecular complexity index is 440. The molecule has 1 heterocycles. The van der Waals surface area contributed by atoms with Crippen molar-refractivity contribution in [2.45, 2.75) is 34.1 Å². The molecule has 4 nitrogen and oxygen atoms in total. The summed E-state index contributed by atoms with van der Waals surface area (Å²) in [6.07, 6.45) is 0.401. The summed E-state index contributed by atoms with van der Waals surface area (Å²) in [5.41, 5.74) is 0.802. The van der Waals surface area contributed by atoms with Gasteiger partial charge in [0, 0.05) is 12.6 Å². The van der Waals surface area contributed by atoms with Crippen LogP contribution in [0, 0.1) is 18.3 Å². The minimum atomic E-state index is -0.822. The van der Waals surface area contributed by atoms with Gasteiger partial charge in [-0.2, -0.15) is 5.10 Å². The van der Waals surface area contributed by atoms with E-state index in [-0.39, 0.29) is 5.92 Å². The molecule has 96 valence electrons. The maximum atomic E-state index is 11.4. The highest BCUT2D eigenvalue weighted by atomic mass is 35.5. The first kappa shape index (κ1) is 14.0. The highest BCUT2D eigenvalue weighted by molar-refractivity contribution is 6.30. The van der Waals surface area contributed by atoms with Gasteiger partial charge in [0.2, 0.25) is 0 Å². The molecule has 17 heavy (non-hydrogen) atoms. The zero-order valence-electron chi connectivity index (χ0n) is 10.9. The largest absolute Gasteiger partial charge is 0.481 e. The molecule has 1 unspecified atom stereocenters. The van der Waals surface area contributed by atoms with Crippen LogP contribution in [0.2, 0.25) is 5.15 Å². The molecule has 0 fully saturated rings. The van der Waals surface area contributed by atoms with Crippen molar-refractivity contribution in [2.24, 2.45) is 18.4 Å². The third-order valence-electron chi connectivity index (χ3n) is 3.58. The monoisotopic (exact) mass is 258 g/mol. The average molecular weight is 259 g/mol. The molecule has 0 aromatic carbocycles. The Morgan fingerprint density at radius 3 is 2.41 bits per heavy atom. The van der Waals surface area contributed by atoms with Crippen LogP contribution in [0.1, 0.15) is 32.0 Å². The summed E-state index contributed by atoms with van der Waals surface area (Å²) in [7, 11) is 1.76. The quantitative estimate of drug-likeness (QED) is 0.903. The topological polar surface area (TPSA) is 55.1 Å². The van der Waals surface area contributed by atoms with Crippen LogP contribution in [0.3, 0.4) is 0 Å². The number of carboxylic acids is 1. The second kappa shape index (κ2) is 4.69. The predicted molar refractivity (Wildman–Crippen MR) is 67.2 cm³/mol. The van der Waals surface area contributed by atoms with Crippen LogP contribution in [0.4, 0.5) is 0 Å². The van der Waals surface area contributed by atoms with E-state index < -0.39 is 11.4 Å². The van der Waals surface area contributed by atoms with Crippen molar-refractivity contribution in [3.63, 3.8) is 0 Å². The van der Waals surface area contributed by atoms with E-state index in [1.54, 1.807) is 18.7 Å². The molecule has 1 atom stereocenters. The molecule has 0 spiro atoms. The summed E-state index contributed by atoms with van der Waals surface area (Å²) in [4.78, 5) is 11.4. The molecule has 0 amide bonds. The van der Waals surface area contributed by atoms with Gasteiger partial charge in [-0.05, 0) is 26.2 Å². The maximum Gasteiger partial charge on any atom is 0.309 e. The van der Waals surface area contributed by atoms with E-state index in [0.29, 0.717) is 11.6 Å². The normalized spacial score (nSPS) is 15.0. The molecule has 1 N–H and O–H groups in total. The lowest BCUT2D eigenvalue weighted by Crippen LogP contribution is -2.35. The fourth-order valence-electron chi connectivity index (χ4n) is 1.77. The summed E-state index contributed by atoms with van der Waals surface area (Å²) in [5, 5.41) is 14.1. The standard InChI is InChI=1S/C12H19ClN2O2/c1-7(2)12(4,11(16)17)6-9-8(3)14-15(5)10(9)13/h7H,6H2,1-5H3,(H,16,17). The predicted octanol–water partition coefficient (Wildman–Crippen LogP) is 2.67. The molecular formula is C12H19ClN2O2. The Labute approximate surface area is 107 Å². The lowest BCUT2D eigenvalue weighted by Gasteiger charge is -2.29. The number of carbonyl (C=O) groups is 1. The number of rotatable bonds is 4. The lowest BCUT2D eigenvalue weighted by atomic mass is 9.74. The van der Waals surface area contributed by atoms with Gasteiger partial charge in [0.05, 0.1) is 11.1 Å². The summed E-state index contributed by atoms with van der Waals surface area (Å²) < 4.78 is 1.58. The van der Waals surface area contributed by atoms with Gasteiger partial charge in [-0.15, -0.1) is 0 Å². The molecular weight excluding hydrogens is 240 g/mol. The van der Waals surface area contributed by atoms with E-state index in [4.69, 9.17) is 11.6 Å². The molecule has 0 aliphatic rings. The minimum Gasteiger partial charge on any atom is -0.481 e. The first-order valence-corrected chi connectivity index (χ1v) is 5.99. The smallest absolute Gasteiger partial charge is 0.309 e. The molecule has 1 aromatic heterocycles. The highest BCUT2D eigenvalue weighted by Gasteiger charge is 2.38. The number of aliphatic carboxylic acids is 1. The van der Waals surface area contributed by atoms with Crippen LogP contribution in [0.25, 0.3) is 0 Å². The van der Waals surface area contributed by atoms with Crippen molar-refractivity contribution in [3.05, 3.63) is 16.4 Å². The van der Waals surface area contributed by atoms with Gasteiger partial charge in [-0.25, -0.2) is 0 Å². The van der Waals surface area contributed by atoms with Crippen molar-refractivity contribution in [2.75, 3.05) is 0 Å². The third-order valence-corrected chi connectivity index (χ3v) is 4.05. The van der Waals surface area contributed by atoms with E-state index in [9.17, 15) is 9.90 Å². The van der Waals surface area contributed by atoms with Gasteiger partial charge in [-0.1, -0.05) is 25.4 Å². The molecule has 1 aromatic rings. The van der Waals surface area contributed by atoms with Crippen molar-refractivity contribution < 1.29 is 9.90 Å². The fourth-order valence-corrected chi connectivity index (χ4v) is 2.01. The Morgan fingerprint density at radius 1 is 1.59 bits per heavy atom. The zero-order chi connectivity index (χ0) is 13.4. The molecule has 1 rings (SSSR count). The van der Waals surface area contributed by atoms with Crippen molar-refractivity contribution >= 4 is 17.6 Å². The van der Waals surface area contributed by atoms with Crippen LogP contribution in [-0.2, 0) is 18.3 Å². The summed E-state index contributed by atoms with van der Waals surface area (Å²) >= 11 is 6.14. The summed E-state index contributed by atoms with van der Waals surface area (Å²) in [5.74, 6) is -0.775. The van der Waals surface area contributed by atoms with Gasteiger partial charge in [0.1, 0.15) is 5.15 Å². The highest BCUT2D eigenvalue weighted by Crippen LogP contribution is 2.34. The maximum absolute atomic E-state index is 11.4. The van der Waals surface area contributed by atoms with Crippen LogP contribution >= 0.6 is 11.6 Å². The van der Waals surface area contributed by atoms with E-state index in [1.807, 2.05) is 20.8 Å². The molecule has 0 saturated heterocycles. The van der Waals surface area contributed by atoms with E-state index in [2.05, 4.69) is 5.10 Å². The number of hydrogen-bond acceptors (Lipinski definition) is 2. The number of nitrogens with zero attached hydrogens (tertiary/aromatic N) is 2. The third kappa shape index (κ3) is 2.46. The zero-order valence-corrected chi connectivity index (χ0v) is 11.7. The second-order valence-electron chi connectivity index (χ2n) is 5.03. The molecule has 0 saturated carbocycles.